The number of halogens is 1. The molecule has 0 aliphatic rings. The Bertz CT molecular complexity index is 672. The Morgan fingerprint density at radius 3 is 2.47 bits per heavy atom. The van der Waals surface area contributed by atoms with E-state index < -0.39 is 15.8 Å². The monoisotopic (exact) mass is 281 g/mol. The molecule has 0 unspecified atom stereocenters. The normalized spacial score (nSPS) is 11.3. The van der Waals surface area contributed by atoms with Crippen molar-refractivity contribution in [1.29, 1.82) is 0 Å². The molecule has 1 aromatic heterocycles. The summed E-state index contributed by atoms with van der Waals surface area (Å²) in [5.74, 6) is -0.325. The highest BCUT2D eigenvalue weighted by molar-refractivity contribution is 7.92. The fourth-order valence-electron chi connectivity index (χ4n) is 1.46. The van der Waals surface area contributed by atoms with Gasteiger partial charge in [0.2, 0.25) is 0 Å². The van der Waals surface area contributed by atoms with Gasteiger partial charge in [-0.25, -0.2) is 17.8 Å². The second-order valence-corrected chi connectivity index (χ2v) is 5.46. The molecule has 0 radical (unpaired) electrons. The van der Waals surface area contributed by atoms with Crippen molar-refractivity contribution in [2.24, 2.45) is 5.73 Å². The molecular weight excluding hydrogens is 269 g/mol. The molecule has 0 aliphatic carbocycles. The van der Waals surface area contributed by atoms with Crippen LogP contribution in [-0.2, 0) is 16.6 Å². The molecule has 0 fully saturated rings. The van der Waals surface area contributed by atoms with Gasteiger partial charge in [0, 0.05) is 6.54 Å². The molecule has 0 bridgehead atoms. The summed E-state index contributed by atoms with van der Waals surface area (Å²) in [7, 11) is -3.78. The highest BCUT2D eigenvalue weighted by atomic mass is 32.2. The zero-order valence-electron chi connectivity index (χ0n) is 9.88. The second kappa shape index (κ2) is 5.33. The van der Waals surface area contributed by atoms with Gasteiger partial charge >= 0.3 is 0 Å². The van der Waals surface area contributed by atoms with Gasteiger partial charge in [-0.15, -0.1) is 0 Å². The Morgan fingerprint density at radius 1 is 1.16 bits per heavy atom. The van der Waals surface area contributed by atoms with Gasteiger partial charge in [-0.2, -0.15) is 0 Å². The predicted molar refractivity (Wildman–Crippen MR) is 69.3 cm³/mol. The zero-order chi connectivity index (χ0) is 13.9. The van der Waals surface area contributed by atoms with Gasteiger partial charge in [-0.1, -0.05) is 6.07 Å². The van der Waals surface area contributed by atoms with E-state index in [2.05, 4.69) is 9.71 Å². The lowest BCUT2D eigenvalue weighted by Crippen LogP contribution is -2.14. The third-order valence-corrected chi connectivity index (χ3v) is 3.75. The first-order valence-corrected chi connectivity index (χ1v) is 6.94. The topological polar surface area (TPSA) is 85.1 Å². The maximum absolute atomic E-state index is 12.8. The highest BCUT2D eigenvalue weighted by Crippen LogP contribution is 2.15. The Kier molecular flexibility index (Phi) is 3.77. The molecule has 3 N–H and O–H groups in total. The molecule has 7 heteroatoms. The third kappa shape index (κ3) is 3.27. The predicted octanol–water partition coefficient (Wildman–Crippen LogP) is 1.48. The number of aromatic nitrogens is 1. The standard InChI is InChI=1S/C12H12FN3O2S/c13-9-4-6-11(7-5-9)19(17,18)16-12-3-1-2-10(8-14)15-12/h1-7H,8,14H2,(H,15,16). The van der Waals surface area contributed by atoms with Gasteiger partial charge < -0.3 is 5.73 Å². The van der Waals surface area contributed by atoms with Crippen LogP contribution in [0.2, 0.25) is 0 Å². The molecule has 0 spiro atoms. The van der Waals surface area contributed by atoms with Crippen LogP contribution in [0, 0.1) is 5.82 Å². The summed E-state index contributed by atoms with van der Waals surface area (Å²) in [4.78, 5) is 4.00. The van der Waals surface area contributed by atoms with Crippen LogP contribution in [-0.4, -0.2) is 13.4 Å². The fourth-order valence-corrected chi connectivity index (χ4v) is 2.46. The van der Waals surface area contributed by atoms with E-state index in [0.717, 1.165) is 12.1 Å². The van der Waals surface area contributed by atoms with Crippen LogP contribution in [0.15, 0.2) is 47.4 Å². The number of nitrogens with one attached hydrogen (secondary N) is 1. The smallest absolute Gasteiger partial charge is 0.263 e. The van der Waals surface area contributed by atoms with E-state index in [1.54, 1.807) is 12.1 Å². The van der Waals surface area contributed by atoms with E-state index in [-0.39, 0.29) is 17.3 Å². The first-order chi connectivity index (χ1) is 9.01. The number of rotatable bonds is 4. The van der Waals surface area contributed by atoms with Crippen molar-refractivity contribution >= 4 is 15.8 Å². The largest absolute Gasteiger partial charge is 0.325 e. The summed E-state index contributed by atoms with van der Waals surface area (Å²) in [6.45, 7) is 0.214. The Morgan fingerprint density at radius 2 is 1.84 bits per heavy atom. The maximum atomic E-state index is 12.8. The lowest BCUT2D eigenvalue weighted by molar-refractivity contribution is 0.599. The van der Waals surface area contributed by atoms with E-state index in [0.29, 0.717) is 5.69 Å². The molecule has 5 nitrogen and oxygen atoms in total. The first-order valence-electron chi connectivity index (χ1n) is 5.45. The van der Waals surface area contributed by atoms with Crippen LogP contribution in [0.4, 0.5) is 10.2 Å². The van der Waals surface area contributed by atoms with Gasteiger partial charge in [-0.05, 0) is 36.4 Å². The minimum absolute atomic E-state index is 0.0335. The lowest BCUT2D eigenvalue weighted by Gasteiger charge is -2.08. The Labute approximate surface area is 110 Å². The summed E-state index contributed by atoms with van der Waals surface area (Å²) in [5, 5.41) is 0. The van der Waals surface area contributed by atoms with E-state index in [4.69, 9.17) is 5.73 Å². The summed E-state index contributed by atoms with van der Waals surface area (Å²) in [6.07, 6.45) is 0. The van der Waals surface area contributed by atoms with Crippen molar-refractivity contribution in [2.45, 2.75) is 11.4 Å². The minimum atomic E-state index is -3.78. The quantitative estimate of drug-likeness (QED) is 0.889. The molecule has 0 aliphatic heterocycles. The van der Waals surface area contributed by atoms with Crippen molar-refractivity contribution in [1.82, 2.24) is 4.98 Å². The van der Waals surface area contributed by atoms with E-state index in [1.807, 2.05) is 0 Å². The number of anilines is 1. The molecule has 19 heavy (non-hydrogen) atoms. The average molecular weight is 281 g/mol. The van der Waals surface area contributed by atoms with Crippen LogP contribution in [0.3, 0.4) is 0 Å². The van der Waals surface area contributed by atoms with Crippen molar-refractivity contribution in [3.8, 4) is 0 Å². The molecule has 1 aromatic carbocycles. The van der Waals surface area contributed by atoms with Crippen LogP contribution in [0.1, 0.15) is 5.69 Å². The average Bonchev–Trinajstić information content (AvgIpc) is 2.39. The summed E-state index contributed by atoms with van der Waals surface area (Å²) in [5.41, 5.74) is 6.00. The van der Waals surface area contributed by atoms with Gasteiger partial charge in [0.15, 0.2) is 0 Å². The van der Waals surface area contributed by atoms with E-state index in [1.165, 1.54) is 18.2 Å². The van der Waals surface area contributed by atoms with Crippen molar-refractivity contribution in [2.75, 3.05) is 4.72 Å². The number of hydrogen-bond acceptors (Lipinski definition) is 4. The van der Waals surface area contributed by atoms with Crippen molar-refractivity contribution in [3.05, 3.63) is 54.0 Å². The summed E-state index contributed by atoms with van der Waals surface area (Å²) >= 11 is 0. The fraction of sp³-hybridized carbons (Fsp3) is 0.0833. The maximum Gasteiger partial charge on any atom is 0.263 e. The SMILES string of the molecule is NCc1cccc(NS(=O)(=O)c2ccc(F)cc2)n1. The van der Waals surface area contributed by atoms with Gasteiger partial charge in [0.05, 0.1) is 10.6 Å². The van der Waals surface area contributed by atoms with Gasteiger partial charge in [0.1, 0.15) is 11.6 Å². The minimum Gasteiger partial charge on any atom is -0.325 e. The summed E-state index contributed by atoms with van der Waals surface area (Å²) < 4.78 is 39.1. The van der Waals surface area contributed by atoms with Crippen LogP contribution in [0.25, 0.3) is 0 Å². The molecule has 0 atom stereocenters. The molecule has 0 amide bonds. The molecule has 100 valence electrons. The first kappa shape index (κ1) is 13.4. The highest BCUT2D eigenvalue weighted by Gasteiger charge is 2.14. The number of sulfonamides is 1. The van der Waals surface area contributed by atoms with Crippen LogP contribution in [0.5, 0.6) is 0 Å². The molecule has 2 rings (SSSR count). The number of nitrogens with zero attached hydrogens (tertiary/aromatic N) is 1. The Balaban J connectivity index is 2.28. The third-order valence-electron chi connectivity index (χ3n) is 2.38. The van der Waals surface area contributed by atoms with Crippen LogP contribution < -0.4 is 10.5 Å². The van der Waals surface area contributed by atoms with Gasteiger partial charge in [-0.3, -0.25) is 4.72 Å². The lowest BCUT2D eigenvalue weighted by atomic mass is 10.3. The van der Waals surface area contributed by atoms with E-state index >= 15 is 0 Å². The molecular formula is C12H12FN3O2S. The van der Waals surface area contributed by atoms with Crippen molar-refractivity contribution in [3.63, 3.8) is 0 Å². The second-order valence-electron chi connectivity index (χ2n) is 3.78. The number of hydrogen-bond donors (Lipinski definition) is 2. The van der Waals surface area contributed by atoms with Crippen LogP contribution >= 0.6 is 0 Å². The summed E-state index contributed by atoms with van der Waals surface area (Å²) in [6, 6.07) is 9.39. The molecule has 1 heterocycles. The van der Waals surface area contributed by atoms with Gasteiger partial charge in [0.25, 0.3) is 10.0 Å². The Hall–Kier alpha value is -1.99. The van der Waals surface area contributed by atoms with Crippen molar-refractivity contribution < 1.29 is 12.8 Å². The van der Waals surface area contributed by atoms with E-state index in [9.17, 15) is 12.8 Å². The molecule has 2 aromatic rings. The number of nitrogens with two attached hydrogens (primary N) is 1. The molecule has 0 saturated carbocycles. The number of benzene rings is 1. The number of pyridine rings is 1. The zero-order valence-corrected chi connectivity index (χ0v) is 10.7. The molecule has 0 saturated heterocycles.